The lowest BCUT2D eigenvalue weighted by atomic mass is 9.78. The molecule has 0 amide bonds. The van der Waals surface area contributed by atoms with Crippen molar-refractivity contribution >= 4 is 12.6 Å². The maximum atomic E-state index is 14.7. The minimum Gasteiger partial charge on any atom is -0.399 e. The summed E-state index contributed by atoms with van der Waals surface area (Å²) in [6.07, 6.45) is 5.51. The van der Waals surface area contributed by atoms with Gasteiger partial charge in [-0.2, -0.15) is 0 Å². The van der Waals surface area contributed by atoms with Crippen LogP contribution in [0.3, 0.4) is 0 Å². The van der Waals surface area contributed by atoms with Gasteiger partial charge in [0.25, 0.3) is 0 Å². The standard InChI is InChI=1S/C18H21BF2N2O2/c1-17(2)18(3,4)25-19(24-17)12-7-8-14(16(21)15(12)20)23-9-13(22-10-23)11-5-6-11/h7-11H,5-6H2,1-4H3. The summed E-state index contributed by atoms with van der Waals surface area (Å²) in [6, 6.07) is 3.06. The Bertz CT molecular complexity index is 814. The molecule has 1 aliphatic heterocycles. The third-order valence-electron chi connectivity index (χ3n) is 5.48. The number of aromatic nitrogens is 2. The van der Waals surface area contributed by atoms with Crippen LogP contribution in [-0.2, 0) is 9.31 Å². The average molecular weight is 346 g/mol. The summed E-state index contributed by atoms with van der Waals surface area (Å²) in [7, 11) is -0.932. The Kier molecular flexibility index (Phi) is 3.60. The Morgan fingerprint density at radius 3 is 2.32 bits per heavy atom. The zero-order valence-electron chi connectivity index (χ0n) is 14.8. The van der Waals surface area contributed by atoms with Gasteiger partial charge in [-0.3, -0.25) is 0 Å². The monoisotopic (exact) mass is 346 g/mol. The van der Waals surface area contributed by atoms with E-state index in [9.17, 15) is 8.78 Å². The van der Waals surface area contributed by atoms with Crippen molar-refractivity contribution in [2.24, 2.45) is 0 Å². The van der Waals surface area contributed by atoms with E-state index in [1.54, 1.807) is 6.20 Å². The van der Waals surface area contributed by atoms with E-state index < -0.39 is 30.0 Å². The minimum absolute atomic E-state index is 0.0717. The quantitative estimate of drug-likeness (QED) is 0.800. The second-order valence-corrected chi connectivity index (χ2v) is 7.87. The zero-order chi connectivity index (χ0) is 18.0. The van der Waals surface area contributed by atoms with Crippen molar-refractivity contribution in [1.82, 2.24) is 9.55 Å². The van der Waals surface area contributed by atoms with Crippen molar-refractivity contribution in [3.63, 3.8) is 0 Å². The molecule has 1 aromatic carbocycles. The van der Waals surface area contributed by atoms with Gasteiger partial charge in [-0.15, -0.1) is 0 Å². The summed E-state index contributed by atoms with van der Waals surface area (Å²) in [5.41, 5.74) is -0.0830. The molecule has 1 saturated heterocycles. The first-order chi connectivity index (χ1) is 11.7. The molecular formula is C18H21BF2N2O2. The highest BCUT2D eigenvalue weighted by molar-refractivity contribution is 6.62. The molecule has 0 unspecified atom stereocenters. The second-order valence-electron chi connectivity index (χ2n) is 7.87. The second kappa shape index (κ2) is 5.38. The fourth-order valence-corrected chi connectivity index (χ4v) is 2.97. The molecule has 0 spiro atoms. The molecule has 0 radical (unpaired) electrons. The van der Waals surface area contributed by atoms with Gasteiger partial charge >= 0.3 is 7.12 Å². The van der Waals surface area contributed by atoms with Crippen LogP contribution < -0.4 is 5.46 Å². The van der Waals surface area contributed by atoms with Gasteiger partial charge in [-0.25, -0.2) is 13.8 Å². The van der Waals surface area contributed by atoms with Crippen molar-refractivity contribution in [2.75, 3.05) is 0 Å². The van der Waals surface area contributed by atoms with Gasteiger partial charge < -0.3 is 13.9 Å². The number of rotatable bonds is 3. The molecule has 1 aromatic heterocycles. The van der Waals surface area contributed by atoms with Crippen LogP contribution in [-0.4, -0.2) is 27.9 Å². The van der Waals surface area contributed by atoms with Gasteiger partial charge in [0.05, 0.1) is 28.9 Å². The summed E-state index contributed by atoms with van der Waals surface area (Å²) >= 11 is 0. The number of nitrogens with zero attached hydrogens (tertiary/aromatic N) is 2. The van der Waals surface area contributed by atoms with Crippen LogP contribution >= 0.6 is 0 Å². The summed E-state index contributed by atoms with van der Waals surface area (Å²) in [5.74, 6) is -1.41. The van der Waals surface area contributed by atoms with Crippen LogP contribution in [0.5, 0.6) is 0 Å². The Hall–Kier alpha value is -1.73. The van der Waals surface area contributed by atoms with Crippen molar-refractivity contribution in [1.29, 1.82) is 0 Å². The maximum Gasteiger partial charge on any atom is 0.497 e. The molecule has 2 aliphatic rings. The molecule has 2 fully saturated rings. The van der Waals surface area contributed by atoms with E-state index in [4.69, 9.17) is 9.31 Å². The Labute approximate surface area is 146 Å². The third kappa shape index (κ3) is 2.70. The van der Waals surface area contributed by atoms with Gasteiger partial charge in [0.2, 0.25) is 0 Å². The summed E-state index contributed by atoms with van der Waals surface area (Å²) < 4.78 is 42.6. The van der Waals surface area contributed by atoms with Gasteiger partial charge in [-0.1, -0.05) is 6.07 Å². The van der Waals surface area contributed by atoms with E-state index in [0.29, 0.717) is 5.92 Å². The summed E-state index contributed by atoms with van der Waals surface area (Å²) in [5, 5.41) is 0. The van der Waals surface area contributed by atoms with Crippen LogP contribution in [0.2, 0.25) is 0 Å². The number of imidazole rings is 1. The normalized spacial score (nSPS) is 21.8. The van der Waals surface area contributed by atoms with Gasteiger partial charge in [-0.05, 0) is 46.6 Å². The Balaban J connectivity index is 1.67. The van der Waals surface area contributed by atoms with E-state index >= 15 is 0 Å². The van der Waals surface area contributed by atoms with Crippen LogP contribution in [0.25, 0.3) is 5.69 Å². The Morgan fingerprint density at radius 2 is 1.72 bits per heavy atom. The molecule has 25 heavy (non-hydrogen) atoms. The first kappa shape index (κ1) is 16.7. The van der Waals surface area contributed by atoms with Gasteiger partial charge in [0.1, 0.15) is 0 Å². The third-order valence-corrected chi connectivity index (χ3v) is 5.48. The maximum absolute atomic E-state index is 14.7. The van der Waals surface area contributed by atoms with Crippen LogP contribution in [0.1, 0.15) is 52.1 Å². The van der Waals surface area contributed by atoms with E-state index in [1.807, 2.05) is 27.7 Å². The highest BCUT2D eigenvalue weighted by Gasteiger charge is 2.52. The van der Waals surface area contributed by atoms with Crippen molar-refractivity contribution < 1.29 is 18.1 Å². The highest BCUT2D eigenvalue weighted by atomic mass is 19.2. The lowest BCUT2D eigenvalue weighted by molar-refractivity contribution is 0.00578. The molecule has 0 bridgehead atoms. The summed E-state index contributed by atoms with van der Waals surface area (Å²) in [6.45, 7) is 7.50. The van der Waals surface area contributed by atoms with Crippen molar-refractivity contribution in [3.8, 4) is 5.69 Å². The molecule has 2 heterocycles. The SMILES string of the molecule is CC1(C)OB(c2ccc(-n3cnc(C4CC4)c3)c(F)c2F)OC1(C)C. The van der Waals surface area contributed by atoms with Crippen LogP contribution in [0.15, 0.2) is 24.7 Å². The molecule has 132 valence electrons. The van der Waals surface area contributed by atoms with E-state index in [-0.39, 0.29) is 11.2 Å². The first-order valence-electron chi connectivity index (χ1n) is 8.57. The first-order valence-corrected chi connectivity index (χ1v) is 8.57. The molecule has 4 rings (SSSR count). The van der Waals surface area contributed by atoms with E-state index in [2.05, 4.69) is 4.98 Å². The highest BCUT2D eigenvalue weighted by Crippen LogP contribution is 2.39. The van der Waals surface area contributed by atoms with E-state index in [0.717, 1.165) is 18.5 Å². The van der Waals surface area contributed by atoms with Crippen LogP contribution in [0, 0.1) is 11.6 Å². The number of hydrogen-bond donors (Lipinski definition) is 0. The lowest BCUT2D eigenvalue weighted by Crippen LogP contribution is -2.41. The van der Waals surface area contributed by atoms with E-state index in [1.165, 1.54) is 23.0 Å². The van der Waals surface area contributed by atoms with Gasteiger partial charge in [0.15, 0.2) is 11.6 Å². The fraction of sp³-hybridized carbons (Fsp3) is 0.500. The number of hydrogen-bond acceptors (Lipinski definition) is 3. The van der Waals surface area contributed by atoms with Crippen molar-refractivity contribution in [3.05, 3.63) is 42.0 Å². The van der Waals surface area contributed by atoms with Gasteiger partial charge in [0, 0.05) is 17.6 Å². The molecular weight excluding hydrogens is 325 g/mol. The molecule has 2 aromatic rings. The number of halogens is 2. The predicted octanol–water partition coefficient (Wildman–Crippen LogP) is 3.33. The Morgan fingerprint density at radius 1 is 1.08 bits per heavy atom. The molecule has 0 N–H and O–H groups in total. The topological polar surface area (TPSA) is 36.3 Å². The molecule has 7 heteroatoms. The molecule has 1 saturated carbocycles. The van der Waals surface area contributed by atoms with Crippen LogP contribution in [0.4, 0.5) is 8.78 Å². The van der Waals surface area contributed by atoms with Crippen molar-refractivity contribution in [2.45, 2.75) is 57.7 Å². The fourth-order valence-electron chi connectivity index (χ4n) is 2.97. The number of benzene rings is 1. The average Bonchev–Trinajstić information content (AvgIpc) is 3.21. The predicted molar refractivity (Wildman–Crippen MR) is 91.2 cm³/mol. The zero-order valence-corrected chi connectivity index (χ0v) is 14.8. The minimum atomic E-state index is -0.947. The largest absolute Gasteiger partial charge is 0.497 e. The lowest BCUT2D eigenvalue weighted by Gasteiger charge is -2.32. The smallest absolute Gasteiger partial charge is 0.399 e. The molecule has 4 nitrogen and oxygen atoms in total. The summed E-state index contributed by atoms with van der Waals surface area (Å²) in [4.78, 5) is 4.29. The molecule has 1 aliphatic carbocycles. The molecule has 0 atom stereocenters.